The van der Waals surface area contributed by atoms with Crippen molar-refractivity contribution in [3.63, 3.8) is 0 Å². The molecular weight excluding hydrogens is 288 g/mol. The monoisotopic (exact) mass is 312 g/mol. The Kier molecular flexibility index (Phi) is 5.05. The summed E-state index contributed by atoms with van der Waals surface area (Å²) >= 11 is 0. The Morgan fingerprint density at radius 1 is 1.30 bits per heavy atom. The number of aromatic nitrogens is 3. The summed E-state index contributed by atoms with van der Waals surface area (Å²) in [7, 11) is 0. The van der Waals surface area contributed by atoms with Gasteiger partial charge < -0.3 is 4.90 Å². The summed E-state index contributed by atoms with van der Waals surface area (Å²) < 4.78 is 1.86. The lowest BCUT2D eigenvalue weighted by molar-refractivity contribution is 0.0723. The van der Waals surface area contributed by atoms with Crippen LogP contribution in [0.3, 0.4) is 0 Å². The van der Waals surface area contributed by atoms with E-state index in [1.54, 1.807) is 0 Å². The van der Waals surface area contributed by atoms with Crippen LogP contribution in [-0.4, -0.2) is 38.2 Å². The normalized spacial score (nSPS) is 17.6. The van der Waals surface area contributed by atoms with Crippen molar-refractivity contribution in [1.82, 2.24) is 19.7 Å². The van der Waals surface area contributed by atoms with Gasteiger partial charge in [-0.05, 0) is 55.9 Å². The average Bonchev–Trinajstić information content (AvgIpc) is 3.23. The molecule has 0 spiro atoms. The number of hydrogen-bond donors (Lipinski definition) is 0. The number of carbonyl (C=O) groups excluding carboxylic acids is 1. The Morgan fingerprint density at radius 2 is 2.13 bits per heavy atom. The molecule has 3 heterocycles. The van der Waals surface area contributed by atoms with E-state index in [0.29, 0.717) is 11.7 Å². The molecule has 2 aromatic heterocycles. The zero-order valence-electron chi connectivity index (χ0n) is 13.7. The van der Waals surface area contributed by atoms with Gasteiger partial charge in [-0.3, -0.25) is 14.5 Å². The number of pyridine rings is 1. The van der Waals surface area contributed by atoms with Gasteiger partial charge in [0.05, 0.1) is 0 Å². The predicted molar refractivity (Wildman–Crippen MR) is 89.1 cm³/mol. The van der Waals surface area contributed by atoms with Gasteiger partial charge in [0.15, 0.2) is 0 Å². The van der Waals surface area contributed by atoms with Gasteiger partial charge >= 0.3 is 0 Å². The van der Waals surface area contributed by atoms with Gasteiger partial charge in [0.2, 0.25) is 0 Å². The Morgan fingerprint density at radius 3 is 2.91 bits per heavy atom. The Hall–Kier alpha value is -2.17. The van der Waals surface area contributed by atoms with Crippen molar-refractivity contribution in [2.75, 3.05) is 6.54 Å². The van der Waals surface area contributed by atoms with Gasteiger partial charge in [0.25, 0.3) is 5.91 Å². The molecule has 3 rings (SSSR count). The lowest BCUT2D eigenvalue weighted by Crippen LogP contribution is -2.36. The highest BCUT2D eigenvalue weighted by atomic mass is 16.2. The van der Waals surface area contributed by atoms with Crippen LogP contribution in [0, 0.1) is 0 Å². The highest BCUT2D eigenvalue weighted by Crippen LogP contribution is 2.23. The minimum atomic E-state index is 0.0806. The van der Waals surface area contributed by atoms with Gasteiger partial charge in [0.1, 0.15) is 5.69 Å². The number of carbonyl (C=O) groups is 1. The maximum absolute atomic E-state index is 12.7. The fraction of sp³-hybridized carbons (Fsp3) is 0.500. The van der Waals surface area contributed by atoms with Crippen molar-refractivity contribution in [3.05, 3.63) is 48.0 Å². The quantitative estimate of drug-likeness (QED) is 0.824. The summed E-state index contributed by atoms with van der Waals surface area (Å²) in [6, 6.07) is 6.27. The van der Waals surface area contributed by atoms with Crippen LogP contribution in [0.25, 0.3) is 0 Å². The van der Waals surface area contributed by atoms with Crippen molar-refractivity contribution in [2.45, 2.75) is 51.6 Å². The van der Waals surface area contributed by atoms with E-state index in [0.717, 1.165) is 45.2 Å². The zero-order chi connectivity index (χ0) is 16.1. The summed E-state index contributed by atoms with van der Waals surface area (Å²) in [4.78, 5) is 18.8. The molecule has 1 fully saturated rings. The third-order valence-electron chi connectivity index (χ3n) is 4.47. The van der Waals surface area contributed by atoms with E-state index in [1.807, 2.05) is 46.4 Å². The molecule has 0 radical (unpaired) electrons. The minimum Gasteiger partial charge on any atom is -0.334 e. The summed E-state index contributed by atoms with van der Waals surface area (Å²) in [6.45, 7) is 3.82. The number of likely N-dealkylation sites (tertiary alicyclic amines) is 1. The molecule has 5 nitrogen and oxygen atoms in total. The minimum absolute atomic E-state index is 0.0806. The molecule has 1 atom stereocenters. The highest BCUT2D eigenvalue weighted by Gasteiger charge is 2.30. The first-order chi connectivity index (χ1) is 11.3. The largest absolute Gasteiger partial charge is 0.334 e. The molecule has 0 aromatic carbocycles. The standard InChI is InChI=1S/C18H24N4O/c1-2-12-21-14-9-17(20-21)18(23)22-13-3-4-16(22)6-5-15-7-10-19-11-8-15/h7-11,14,16H,2-6,12-13H2,1H3. The number of hydrogen-bond acceptors (Lipinski definition) is 3. The molecule has 1 saturated heterocycles. The highest BCUT2D eigenvalue weighted by molar-refractivity contribution is 5.92. The van der Waals surface area contributed by atoms with Crippen LogP contribution in [0.15, 0.2) is 36.8 Å². The van der Waals surface area contributed by atoms with Crippen LogP contribution in [0.2, 0.25) is 0 Å². The van der Waals surface area contributed by atoms with Crippen LogP contribution >= 0.6 is 0 Å². The molecule has 1 aliphatic heterocycles. The molecular formula is C18H24N4O. The molecule has 0 aliphatic carbocycles. The predicted octanol–water partition coefficient (Wildman–Crippen LogP) is 2.93. The molecule has 0 saturated carbocycles. The summed E-state index contributed by atoms with van der Waals surface area (Å²) in [5.74, 6) is 0.0806. The molecule has 1 aliphatic rings. The third kappa shape index (κ3) is 3.78. The number of aryl methyl sites for hydroxylation is 2. The molecule has 0 N–H and O–H groups in total. The van der Waals surface area contributed by atoms with Crippen LogP contribution in [0.4, 0.5) is 0 Å². The fourth-order valence-electron chi connectivity index (χ4n) is 3.26. The van der Waals surface area contributed by atoms with E-state index in [1.165, 1.54) is 5.56 Å². The third-order valence-corrected chi connectivity index (χ3v) is 4.47. The Bertz CT molecular complexity index is 637. The van der Waals surface area contributed by atoms with Gasteiger partial charge in [-0.1, -0.05) is 6.92 Å². The van der Waals surface area contributed by atoms with E-state index in [-0.39, 0.29) is 5.91 Å². The van der Waals surface area contributed by atoms with E-state index in [4.69, 9.17) is 0 Å². The first-order valence-corrected chi connectivity index (χ1v) is 8.51. The summed E-state index contributed by atoms with van der Waals surface area (Å²) in [5.41, 5.74) is 1.86. The zero-order valence-corrected chi connectivity index (χ0v) is 13.7. The fourth-order valence-corrected chi connectivity index (χ4v) is 3.26. The van der Waals surface area contributed by atoms with Crippen LogP contribution in [0.5, 0.6) is 0 Å². The molecule has 1 unspecified atom stereocenters. The maximum atomic E-state index is 12.7. The second-order valence-electron chi connectivity index (χ2n) is 6.15. The SMILES string of the molecule is CCCn1ccc(C(=O)N2CCCC2CCc2ccncc2)n1. The van der Waals surface area contributed by atoms with Crippen LogP contribution in [-0.2, 0) is 13.0 Å². The average molecular weight is 312 g/mol. The van der Waals surface area contributed by atoms with Gasteiger partial charge in [-0.25, -0.2) is 0 Å². The Labute approximate surface area is 137 Å². The van der Waals surface area contributed by atoms with Gasteiger partial charge in [-0.2, -0.15) is 5.10 Å². The lowest BCUT2D eigenvalue weighted by atomic mass is 10.0. The number of rotatable bonds is 6. The van der Waals surface area contributed by atoms with Crippen molar-refractivity contribution < 1.29 is 4.79 Å². The second-order valence-corrected chi connectivity index (χ2v) is 6.15. The lowest BCUT2D eigenvalue weighted by Gasteiger charge is -2.24. The van der Waals surface area contributed by atoms with Crippen LogP contribution in [0.1, 0.15) is 48.7 Å². The van der Waals surface area contributed by atoms with Gasteiger partial charge in [0, 0.05) is 37.7 Å². The topological polar surface area (TPSA) is 51.0 Å². The van der Waals surface area contributed by atoms with Crippen molar-refractivity contribution >= 4 is 5.91 Å². The van der Waals surface area contributed by atoms with Crippen molar-refractivity contribution in [2.24, 2.45) is 0 Å². The van der Waals surface area contributed by atoms with Crippen LogP contribution < -0.4 is 0 Å². The van der Waals surface area contributed by atoms with E-state index in [9.17, 15) is 4.79 Å². The molecule has 5 heteroatoms. The second kappa shape index (κ2) is 7.40. The summed E-state index contributed by atoms with van der Waals surface area (Å²) in [6.07, 6.45) is 10.7. The molecule has 2 aromatic rings. The molecule has 1 amide bonds. The molecule has 0 bridgehead atoms. The first-order valence-electron chi connectivity index (χ1n) is 8.51. The number of amides is 1. The first kappa shape index (κ1) is 15.7. The summed E-state index contributed by atoms with van der Waals surface area (Å²) in [5, 5.41) is 4.41. The smallest absolute Gasteiger partial charge is 0.274 e. The van der Waals surface area contributed by atoms with E-state index >= 15 is 0 Å². The van der Waals surface area contributed by atoms with E-state index < -0.39 is 0 Å². The van der Waals surface area contributed by atoms with Crippen molar-refractivity contribution in [3.8, 4) is 0 Å². The van der Waals surface area contributed by atoms with E-state index in [2.05, 4.69) is 17.0 Å². The van der Waals surface area contributed by atoms with Crippen molar-refractivity contribution in [1.29, 1.82) is 0 Å². The Balaban J connectivity index is 1.62. The van der Waals surface area contributed by atoms with Gasteiger partial charge in [-0.15, -0.1) is 0 Å². The maximum Gasteiger partial charge on any atom is 0.274 e. The molecule has 122 valence electrons. The molecule has 23 heavy (non-hydrogen) atoms. The number of nitrogens with zero attached hydrogens (tertiary/aromatic N) is 4.